The van der Waals surface area contributed by atoms with Crippen molar-refractivity contribution in [3.8, 4) is 5.75 Å². The van der Waals surface area contributed by atoms with E-state index in [1.165, 1.54) is 11.3 Å². The lowest BCUT2D eigenvalue weighted by atomic mass is 9.87. The van der Waals surface area contributed by atoms with Gasteiger partial charge >= 0.3 is 0 Å². The minimum atomic E-state index is -0.134. The van der Waals surface area contributed by atoms with Gasteiger partial charge in [-0.25, -0.2) is 4.98 Å². The molecule has 2 heterocycles. The highest BCUT2D eigenvalue weighted by molar-refractivity contribution is 5.79. The number of para-hydroxylation sites is 1. The predicted molar refractivity (Wildman–Crippen MR) is 99.4 cm³/mol. The van der Waals surface area contributed by atoms with Gasteiger partial charge in [-0.3, -0.25) is 4.79 Å². The van der Waals surface area contributed by atoms with Crippen LogP contribution in [0, 0.1) is 0 Å². The van der Waals surface area contributed by atoms with E-state index in [4.69, 9.17) is 4.74 Å². The van der Waals surface area contributed by atoms with E-state index >= 15 is 0 Å². The third-order valence-corrected chi connectivity index (χ3v) is 4.86. The van der Waals surface area contributed by atoms with Gasteiger partial charge in [0.25, 0.3) is 5.56 Å². The first-order chi connectivity index (χ1) is 12.0. The van der Waals surface area contributed by atoms with E-state index in [1.807, 2.05) is 12.1 Å². The Morgan fingerprint density at radius 3 is 2.84 bits per heavy atom. The molecule has 5 nitrogen and oxygen atoms in total. The first-order valence-corrected chi connectivity index (χ1v) is 8.39. The summed E-state index contributed by atoms with van der Waals surface area (Å²) in [5.74, 6) is 1.33. The molecule has 128 valence electrons. The molecular weight excluding hydrogens is 314 g/mol. The molecule has 1 aromatic heterocycles. The Hall–Kier alpha value is -2.82. The summed E-state index contributed by atoms with van der Waals surface area (Å²) in [5, 5.41) is 0.547. The van der Waals surface area contributed by atoms with Crippen LogP contribution in [0.5, 0.6) is 5.75 Å². The standard InChI is InChI=1S/C20H21N3O2/c1-20(2)12-23(17-7-5-4-6-15(17)20)11-18-21-16-9-8-13(25-3)10-14(16)19(24)22-18/h4-10H,11-12H2,1-3H3,(H,21,22,24). The van der Waals surface area contributed by atoms with Crippen molar-refractivity contribution in [1.29, 1.82) is 0 Å². The summed E-state index contributed by atoms with van der Waals surface area (Å²) in [4.78, 5) is 22.3. The van der Waals surface area contributed by atoms with E-state index in [0.717, 1.165) is 6.54 Å². The molecule has 5 heteroatoms. The second kappa shape index (κ2) is 5.62. The Balaban J connectivity index is 1.71. The van der Waals surface area contributed by atoms with E-state index in [0.29, 0.717) is 29.0 Å². The van der Waals surface area contributed by atoms with Crippen LogP contribution >= 0.6 is 0 Å². The van der Waals surface area contributed by atoms with Crippen LogP contribution in [0.3, 0.4) is 0 Å². The number of fused-ring (bicyclic) bond motifs is 2. The van der Waals surface area contributed by atoms with E-state index in [2.05, 4.69) is 53.0 Å². The Labute approximate surface area is 146 Å². The van der Waals surface area contributed by atoms with Gasteiger partial charge in [-0.15, -0.1) is 0 Å². The van der Waals surface area contributed by atoms with Crippen molar-refractivity contribution in [2.75, 3.05) is 18.6 Å². The maximum atomic E-state index is 12.4. The predicted octanol–water partition coefficient (Wildman–Crippen LogP) is 3.23. The van der Waals surface area contributed by atoms with Crippen molar-refractivity contribution >= 4 is 16.6 Å². The van der Waals surface area contributed by atoms with Gasteiger partial charge < -0.3 is 14.6 Å². The van der Waals surface area contributed by atoms with Crippen molar-refractivity contribution in [3.63, 3.8) is 0 Å². The van der Waals surface area contributed by atoms with E-state index in [9.17, 15) is 4.79 Å². The van der Waals surface area contributed by atoms with Gasteiger partial charge in [0.2, 0.25) is 0 Å². The van der Waals surface area contributed by atoms with Crippen molar-refractivity contribution in [2.45, 2.75) is 25.8 Å². The van der Waals surface area contributed by atoms with Crippen LogP contribution in [0.4, 0.5) is 5.69 Å². The highest BCUT2D eigenvalue weighted by Crippen LogP contribution is 2.40. The zero-order chi connectivity index (χ0) is 17.6. The Kier molecular flexibility index (Phi) is 3.53. The van der Waals surface area contributed by atoms with Crippen molar-refractivity contribution in [2.24, 2.45) is 0 Å². The number of hydrogen-bond acceptors (Lipinski definition) is 4. The number of nitrogens with one attached hydrogen (secondary N) is 1. The lowest BCUT2D eigenvalue weighted by Gasteiger charge is -2.22. The van der Waals surface area contributed by atoms with Crippen LogP contribution in [0.1, 0.15) is 25.2 Å². The summed E-state index contributed by atoms with van der Waals surface area (Å²) in [7, 11) is 1.59. The van der Waals surface area contributed by atoms with Crippen LogP contribution in [-0.4, -0.2) is 23.6 Å². The first-order valence-electron chi connectivity index (χ1n) is 8.39. The van der Waals surface area contributed by atoms with Gasteiger partial charge in [-0.1, -0.05) is 32.0 Å². The Bertz CT molecular complexity index is 1010. The maximum absolute atomic E-state index is 12.4. The second-order valence-corrected chi connectivity index (χ2v) is 7.15. The normalized spacial score (nSPS) is 15.4. The molecule has 0 unspecified atom stereocenters. The lowest BCUT2D eigenvalue weighted by molar-refractivity contribution is 0.415. The molecule has 4 rings (SSSR count). The summed E-state index contributed by atoms with van der Waals surface area (Å²) >= 11 is 0. The molecule has 0 saturated heterocycles. The fourth-order valence-electron chi connectivity index (χ4n) is 3.66. The minimum Gasteiger partial charge on any atom is -0.497 e. The van der Waals surface area contributed by atoms with Crippen LogP contribution in [0.25, 0.3) is 10.9 Å². The molecule has 0 aliphatic carbocycles. The molecule has 1 aliphatic heterocycles. The summed E-state index contributed by atoms with van der Waals surface area (Å²) in [6.07, 6.45) is 0. The van der Waals surface area contributed by atoms with Gasteiger partial charge in [-0.2, -0.15) is 0 Å². The van der Waals surface area contributed by atoms with Crippen LogP contribution < -0.4 is 15.2 Å². The largest absolute Gasteiger partial charge is 0.497 e. The number of benzene rings is 2. The van der Waals surface area contributed by atoms with Crippen LogP contribution in [0.2, 0.25) is 0 Å². The lowest BCUT2D eigenvalue weighted by Crippen LogP contribution is -2.29. The molecule has 3 aromatic rings. The zero-order valence-corrected chi connectivity index (χ0v) is 14.7. The summed E-state index contributed by atoms with van der Waals surface area (Å²) < 4.78 is 5.19. The number of rotatable bonds is 3. The van der Waals surface area contributed by atoms with E-state index in [1.54, 1.807) is 13.2 Å². The molecule has 0 fully saturated rings. The van der Waals surface area contributed by atoms with Gasteiger partial charge in [0.15, 0.2) is 0 Å². The average Bonchev–Trinajstić information content (AvgIpc) is 2.86. The molecule has 1 aliphatic rings. The molecule has 25 heavy (non-hydrogen) atoms. The highest BCUT2D eigenvalue weighted by Gasteiger charge is 2.34. The molecule has 0 radical (unpaired) electrons. The molecule has 0 amide bonds. The van der Waals surface area contributed by atoms with Crippen molar-refractivity contribution in [3.05, 3.63) is 64.2 Å². The molecule has 0 saturated carbocycles. The third kappa shape index (κ3) is 2.65. The molecule has 1 N–H and O–H groups in total. The van der Waals surface area contributed by atoms with Crippen molar-refractivity contribution < 1.29 is 4.74 Å². The quantitative estimate of drug-likeness (QED) is 0.798. The molecule has 0 spiro atoms. The smallest absolute Gasteiger partial charge is 0.258 e. The van der Waals surface area contributed by atoms with Gasteiger partial charge in [0.1, 0.15) is 11.6 Å². The molecule has 0 atom stereocenters. The summed E-state index contributed by atoms with van der Waals surface area (Å²) in [6, 6.07) is 13.8. The van der Waals surface area contributed by atoms with Gasteiger partial charge in [0, 0.05) is 17.6 Å². The molecule has 0 bridgehead atoms. The van der Waals surface area contributed by atoms with Crippen LogP contribution in [0.15, 0.2) is 47.3 Å². The first kappa shape index (κ1) is 15.7. The number of anilines is 1. The average molecular weight is 335 g/mol. The number of nitrogens with zero attached hydrogens (tertiary/aromatic N) is 2. The van der Waals surface area contributed by atoms with Crippen molar-refractivity contribution in [1.82, 2.24) is 9.97 Å². The number of hydrogen-bond donors (Lipinski definition) is 1. The number of aromatic nitrogens is 2. The van der Waals surface area contributed by atoms with Gasteiger partial charge in [0.05, 0.1) is 24.6 Å². The fraction of sp³-hybridized carbons (Fsp3) is 0.300. The Morgan fingerprint density at radius 1 is 1.24 bits per heavy atom. The monoisotopic (exact) mass is 335 g/mol. The number of ether oxygens (including phenoxy) is 1. The van der Waals surface area contributed by atoms with Gasteiger partial charge in [-0.05, 0) is 29.8 Å². The molecule has 2 aromatic carbocycles. The van der Waals surface area contributed by atoms with E-state index < -0.39 is 0 Å². The van der Waals surface area contributed by atoms with Crippen LogP contribution in [-0.2, 0) is 12.0 Å². The Morgan fingerprint density at radius 2 is 2.04 bits per heavy atom. The fourth-order valence-corrected chi connectivity index (χ4v) is 3.66. The number of methoxy groups -OCH3 is 1. The van der Waals surface area contributed by atoms with E-state index in [-0.39, 0.29) is 11.0 Å². The number of H-pyrrole nitrogens is 1. The summed E-state index contributed by atoms with van der Waals surface area (Å²) in [6.45, 7) is 5.97. The topological polar surface area (TPSA) is 58.2 Å². The third-order valence-electron chi connectivity index (χ3n) is 4.86. The number of aromatic amines is 1. The molecular formula is C20H21N3O2. The SMILES string of the molecule is COc1ccc2nc(CN3CC(C)(C)c4ccccc43)[nH]c(=O)c2c1. The maximum Gasteiger partial charge on any atom is 0.258 e. The second-order valence-electron chi connectivity index (χ2n) is 7.15. The highest BCUT2D eigenvalue weighted by atomic mass is 16.5. The zero-order valence-electron chi connectivity index (χ0n) is 14.7. The summed E-state index contributed by atoms with van der Waals surface area (Å²) in [5.41, 5.74) is 3.19. The minimum absolute atomic E-state index is 0.0844.